The van der Waals surface area contributed by atoms with E-state index in [-0.39, 0.29) is 5.91 Å². The Hall–Kier alpha value is -2.66. The van der Waals surface area contributed by atoms with Gasteiger partial charge in [-0.05, 0) is 69.2 Å². The van der Waals surface area contributed by atoms with Gasteiger partial charge in [0, 0.05) is 27.0 Å². The van der Waals surface area contributed by atoms with Crippen molar-refractivity contribution in [2.75, 3.05) is 0 Å². The molecule has 4 nitrogen and oxygen atoms in total. The number of carbonyl (C=O) groups excluding carboxylic acids is 1. The predicted octanol–water partition coefficient (Wildman–Crippen LogP) is 5.24. The van der Waals surface area contributed by atoms with Crippen molar-refractivity contribution >= 4 is 28.1 Å². The predicted molar refractivity (Wildman–Crippen MR) is 114 cm³/mol. The summed E-state index contributed by atoms with van der Waals surface area (Å²) in [7, 11) is 0. The Morgan fingerprint density at radius 1 is 1.04 bits per heavy atom. The van der Waals surface area contributed by atoms with Crippen molar-refractivity contribution in [1.82, 2.24) is 9.99 Å². The van der Waals surface area contributed by atoms with Crippen LogP contribution in [0.1, 0.15) is 38.4 Å². The van der Waals surface area contributed by atoms with Gasteiger partial charge >= 0.3 is 0 Å². The largest absolute Gasteiger partial charge is 0.317 e. The number of hydrogen-bond acceptors (Lipinski definition) is 2. The van der Waals surface area contributed by atoms with Crippen LogP contribution in [0.25, 0.3) is 5.69 Å². The number of hydrogen-bond donors (Lipinski definition) is 1. The van der Waals surface area contributed by atoms with E-state index in [0.29, 0.717) is 5.56 Å². The van der Waals surface area contributed by atoms with E-state index >= 15 is 0 Å². The molecule has 3 rings (SSSR count). The number of halogens is 1. The van der Waals surface area contributed by atoms with Crippen LogP contribution < -0.4 is 5.43 Å². The highest BCUT2D eigenvalue weighted by Crippen LogP contribution is 2.25. The molecule has 138 valence electrons. The molecule has 3 aromatic rings. The lowest BCUT2D eigenvalue weighted by Crippen LogP contribution is -2.17. The van der Waals surface area contributed by atoms with Crippen LogP contribution in [0.2, 0.25) is 0 Å². The second kappa shape index (κ2) is 7.92. The van der Waals surface area contributed by atoms with Gasteiger partial charge in [-0.3, -0.25) is 4.79 Å². The Bertz CT molecular complexity index is 997. The second-order valence-electron chi connectivity index (χ2n) is 6.61. The SMILES string of the molecule is Cc1cccc(C)c1-n1c(C)cc(C=NNC(=O)c2ccc(Br)cc2)c1C. The maximum Gasteiger partial charge on any atom is 0.271 e. The number of aryl methyl sites for hydroxylation is 3. The fourth-order valence-electron chi connectivity index (χ4n) is 3.25. The molecule has 1 aromatic heterocycles. The molecule has 2 aromatic carbocycles. The second-order valence-corrected chi connectivity index (χ2v) is 7.52. The number of benzene rings is 2. The van der Waals surface area contributed by atoms with Crippen molar-refractivity contribution in [1.29, 1.82) is 0 Å². The quantitative estimate of drug-likeness (QED) is 0.452. The Kier molecular flexibility index (Phi) is 5.61. The zero-order valence-corrected chi connectivity index (χ0v) is 17.5. The van der Waals surface area contributed by atoms with E-state index in [2.05, 4.69) is 83.0 Å². The number of hydrazone groups is 1. The zero-order chi connectivity index (χ0) is 19.6. The molecule has 0 unspecified atom stereocenters. The number of aromatic nitrogens is 1. The van der Waals surface area contributed by atoms with Gasteiger partial charge in [-0.2, -0.15) is 5.10 Å². The zero-order valence-electron chi connectivity index (χ0n) is 15.9. The third kappa shape index (κ3) is 4.03. The van der Waals surface area contributed by atoms with Crippen LogP contribution in [-0.2, 0) is 0 Å². The van der Waals surface area contributed by atoms with Crippen LogP contribution >= 0.6 is 15.9 Å². The van der Waals surface area contributed by atoms with E-state index in [4.69, 9.17) is 0 Å². The van der Waals surface area contributed by atoms with Crippen molar-refractivity contribution in [2.45, 2.75) is 27.7 Å². The topological polar surface area (TPSA) is 46.4 Å². The third-order valence-corrected chi connectivity index (χ3v) is 5.14. The molecule has 0 spiro atoms. The first kappa shape index (κ1) is 19.1. The summed E-state index contributed by atoms with van der Waals surface area (Å²) in [4.78, 5) is 12.2. The van der Waals surface area contributed by atoms with Crippen LogP contribution in [0.3, 0.4) is 0 Å². The molecular formula is C22H22BrN3O. The molecule has 0 fully saturated rings. The summed E-state index contributed by atoms with van der Waals surface area (Å²) in [5.41, 5.74) is 10.0. The molecule has 0 aliphatic rings. The first-order valence-electron chi connectivity index (χ1n) is 8.73. The lowest BCUT2D eigenvalue weighted by Gasteiger charge is -2.15. The van der Waals surface area contributed by atoms with Crippen molar-refractivity contribution in [3.05, 3.63) is 86.6 Å². The van der Waals surface area contributed by atoms with Gasteiger partial charge in [0.15, 0.2) is 0 Å². The average molecular weight is 424 g/mol. The van der Waals surface area contributed by atoms with E-state index in [1.807, 2.05) is 12.1 Å². The van der Waals surface area contributed by atoms with Crippen molar-refractivity contribution in [3.63, 3.8) is 0 Å². The van der Waals surface area contributed by atoms with Gasteiger partial charge in [0.05, 0.1) is 11.9 Å². The van der Waals surface area contributed by atoms with E-state index in [1.54, 1.807) is 18.3 Å². The van der Waals surface area contributed by atoms with Gasteiger partial charge in [0.2, 0.25) is 0 Å². The third-order valence-electron chi connectivity index (χ3n) is 4.61. The highest BCUT2D eigenvalue weighted by Gasteiger charge is 2.13. The number of nitrogens with zero attached hydrogens (tertiary/aromatic N) is 2. The molecule has 5 heteroatoms. The summed E-state index contributed by atoms with van der Waals surface area (Å²) in [6.07, 6.45) is 1.70. The van der Waals surface area contributed by atoms with Gasteiger partial charge in [-0.25, -0.2) is 5.43 Å². The molecule has 0 bridgehead atoms. The minimum absolute atomic E-state index is 0.234. The highest BCUT2D eigenvalue weighted by molar-refractivity contribution is 9.10. The molecular weight excluding hydrogens is 402 g/mol. The molecule has 0 aliphatic carbocycles. The van der Waals surface area contributed by atoms with Gasteiger partial charge in [-0.1, -0.05) is 34.1 Å². The first-order chi connectivity index (χ1) is 12.9. The van der Waals surface area contributed by atoms with Crippen LogP contribution in [0.15, 0.2) is 58.1 Å². The number of rotatable bonds is 4. The van der Waals surface area contributed by atoms with Crippen molar-refractivity contribution in [3.8, 4) is 5.69 Å². The van der Waals surface area contributed by atoms with Gasteiger partial charge in [-0.15, -0.1) is 0 Å². The normalized spacial score (nSPS) is 11.1. The minimum Gasteiger partial charge on any atom is -0.317 e. The van der Waals surface area contributed by atoms with Crippen LogP contribution in [0.4, 0.5) is 0 Å². The van der Waals surface area contributed by atoms with Crippen molar-refractivity contribution < 1.29 is 4.79 Å². The summed E-state index contributed by atoms with van der Waals surface area (Å²) in [5.74, 6) is -0.234. The number of carbonyl (C=O) groups is 1. The highest BCUT2D eigenvalue weighted by atomic mass is 79.9. The van der Waals surface area contributed by atoms with Gasteiger partial charge < -0.3 is 4.57 Å². The summed E-state index contributed by atoms with van der Waals surface area (Å²) >= 11 is 3.36. The lowest BCUT2D eigenvalue weighted by molar-refractivity contribution is 0.0955. The minimum atomic E-state index is -0.234. The van der Waals surface area contributed by atoms with Crippen LogP contribution in [0.5, 0.6) is 0 Å². The summed E-state index contributed by atoms with van der Waals surface area (Å²) in [5, 5.41) is 4.14. The number of nitrogens with one attached hydrogen (secondary N) is 1. The van der Waals surface area contributed by atoms with E-state index in [1.165, 1.54) is 16.8 Å². The molecule has 0 saturated carbocycles. The molecule has 0 radical (unpaired) electrons. The number of amides is 1. The van der Waals surface area contributed by atoms with Gasteiger partial charge in [0.25, 0.3) is 5.91 Å². The maximum atomic E-state index is 12.2. The van der Waals surface area contributed by atoms with E-state index < -0.39 is 0 Å². The molecule has 1 N–H and O–H groups in total. The Morgan fingerprint density at radius 2 is 1.67 bits per heavy atom. The number of para-hydroxylation sites is 1. The standard InChI is InChI=1S/C22H22BrN3O/c1-14-6-5-7-15(2)21(14)26-16(3)12-19(17(26)4)13-24-25-22(27)18-8-10-20(23)11-9-18/h5-13H,1-4H3,(H,25,27). The molecule has 1 amide bonds. The van der Waals surface area contributed by atoms with E-state index in [0.717, 1.165) is 21.4 Å². The van der Waals surface area contributed by atoms with Gasteiger partial charge in [0.1, 0.15) is 0 Å². The molecule has 0 saturated heterocycles. The maximum absolute atomic E-state index is 12.2. The monoisotopic (exact) mass is 423 g/mol. The Balaban J connectivity index is 1.83. The lowest BCUT2D eigenvalue weighted by atomic mass is 10.1. The molecule has 1 heterocycles. The smallest absolute Gasteiger partial charge is 0.271 e. The van der Waals surface area contributed by atoms with Crippen LogP contribution in [0, 0.1) is 27.7 Å². The van der Waals surface area contributed by atoms with Crippen LogP contribution in [-0.4, -0.2) is 16.7 Å². The summed E-state index contributed by atoms with van der Waals surface area (Å²) < 4.78 is 3.17. The molecule has 0 aliphatic heterocycles. The first-order valence-corrected chi connectivity index (χ1v) is 9.52. The van der Waals surface area contributed by atoms with Crippen molar-refractivity contribution in [2.24, 2.45) is 5.10 Å². The Labute approximate surface area is 168 Å². The van der Waals surface area contributed by atoms with E-state index in [9.17, 15) is 4.79 Å². The Morgan fingerprint density at radius 3 is 2.30 bits per heavy atom. The summed E-state index contributed by atoms with van der Waals surface area (Å²) in [6.45, 7) is 8.38. The fraction of sp³-hybridized carbons (Fsp3) is 0.182. The fourth-order valence-corrected chi connectivity index (χ4v) is 3.51. The summed E-state index contributed by atoms with van der Waals surface area (Å²) in [6, 6.07) is 15.6. The molecule has 27 heavy (non-hydrogen) atoms. The molecule has 0 atom stereocenters. The average Bonchev–Trinajstić information content (AvgIpc) is 2.90.